The Labute approximate surface area is 120 Å². The molecule has 0 saturated carbocycles. The monoisotopic (exact) mass is 277 g/mol. The van der Waals surface area contributed by atoms with Crippen LogP contribution in [0.2, 0.25) is 0 Å². The number of carbonyl (C=O) groups excluding carboxylic acids is 1. The molecule has 3 N–H and O–H groups in total. The van der Waals surface area contributed by atoms with Crippen LogP contribution in [0.5, 0.6) is 5.75 Å². The van der Waals surface area contributed by atoms with E-state index in [-0.39, 0.29) is 5.91 Å². The van der Waals surface area contributed by atoms with E-state index in [0.717, 1.165) is 13.0 Å². The molecule has 1 atom stereocenters. The molecule has 1 aromatic rings. The zero-order chi connectivity index (χ0) is 14.5. The fourth-order valence-electron chi connectivity index (χ4n) is 2.53. The van der Waals surface area contributed by atoms with Gasteiger partial charge in [0.2, 0.25) is 0 Å². The lowest BCUT2D eigenvalue weighted by molar-refractivity contribution is 0.0943. The summed E-state index contributed by atoms with van der Waals surface area (Å²) in [4.78, 5) is 14.4. The van der Waals surface area contributed by atoms with E-state index in [4.69, 9.17) is 10.5 Å². The van der Waals surface area contributed by atoms with Gasteiger partial charge in [-0.25, -0.2) is 0 Å². The Hall–Kier alpha value is -1.75. The summed E-state index contributed by atoms with van der Waals surface area (Å²) in [6, 6.07) is 5.60. The summed E-state index contributed by atoms with van der Waals surface area (Å²) in [5.74, 6) is 0.541. The number of hydrogen-bond acceptors (Lipinski definition) is 4. The lowest BCUT2D eigenvalue weighted by atomic mass is 10.1. The maximum atomic E-state index is 12.1. The molecule has 1 amide bonds. The van der Waals surface area contributed by atoms with E-state index < -0.39 is 0 Å². The number of amides is 1. The summed E-state index contributed by atoms with van der Waals surface area (Å²) < 4.78 is 5.36. The van der Waals surface area contributed by atoms with E-state index in [1.54, 1.807) is 18.2 Å². The van der Waals surface area contributed by atoms with E-state index in [9.17, 15) is 4.79 Å². The Bertz CT molecular complexity index is 476. The molecule has 0 aliphatic carbocycles. The second kappa shape index (κ2) is 6.61. The number of nitrogens with one attached hydrogen (secondary N) is 1. The predicted octanol–water partition coefficient (Wildman–Crippen LogP) is 1.49. The van der Waals surface area contributed by atoms with Crippen molar-refractivity contribution in [1.29, 1.82) is 0 Å². The smallest absolute Gasteiger partial charge is 0.251 e. The number of likely N-dealkylation sites (tertiary alicyclic amines) is 1. The van der Waals surface area contributed by atoms with Gasteiger partial charge in [0.25, 0.3) is 5.91 Å². The number of nitrogens with zero attached hydrogens (tertiary/aromatic N) is 1. The number of nitrogen functional groups attached to an aromatic ring is 1. The summed E-state index contributed by atoms with van der Waals surface area (Å²) in [6.45, 7) is 4.25. The van der Waals surface area contributed by atoms with E-state index in [1.807, 2.05) is 6.92 Å². The number of anilines is 1. The molecule has 1 unspecified atom stereocenters. The van der Waals surface area contributed by atoms with Gasteiger partial charge in [-0.05, 0) is 51.6 Å². The lowest BCUT2D eigenvalue weighted by Gasteiger charge is -2.19. The number of likely N-dealkylation sites (N-methyl/N-ethyl adjacent to an activating group) is 1. The van der Waals surface area contributed by atoms with Crippen molar-refractivity contribution in [1.82, 2.24) is 10.2 Å². The first-order valence-corrected chi connectivity index (χ1v) is 7.12. The largest absolute Gasteiger partial charge is 0.492 e. The quantitative estimate of drug-likeness (QED) is 0.800. The standard InChI is InChI=1S/C15H23N3O2/c1-3-20-14-7-6-11(9-13(14)16)15(19)17-10-12-5-4-8-18(12)2/h6-7,9,12H,3-5,8,10,16H2,1-2H3,(H,17,19). The van der Waals surface area contributed by atoms with Crippen molar-refractivity contribution in [3.63, 3.8) is 0 Å². The first-order valence-electron chi connectivity index (χ1n) is 7.12. The van der Waals surface area contributed by atoms with Crippen molar-refractivity contribution in [3.8, 4) is 5.75 Å². The van der Waals surface area contributed by atoms with Gasteiger partial charge in [-0.1, -0.05) is 0 Å². The van der Waals surface area contributed by atoms with Gasteiger partial charge in [-0.15, -0.1) is 0 Å². The van der Waals surface area contributed by atoms with Crippen molar-refractivity contribution in [2.45, 2.75) is 25.8 Å². The highest BCUT2D eigenvalue weighted by molar-refractivity contribution is 5.95. The third-order valence-electron chi connectivity index (χ3n) is 3.74. The van der Waals surface area contributed by atoms with Crippen LogP contribution in [-0.4, -0.2) is 43.6 Å². The highest BCUT2D eigenvalue weighted by atomic mass is 16.5. The maximum absolute atomic E-state index is 12.1. The second-order valence-electron chi connectivity index (χ2n) is 5.17. The van der Waals surface area contributed by atoms with Gasteiger partial charge in [0, 0.05) is 18.2 Å². The molecule has 5 heteroatoms. The highest BCUT2D eigenvalue weighted by Gasteiger charge is 2.21. The lowest BCUT2D eigenvalue weighted by Crippen LogP contribution is -2.38. The molecular weight excluding hydrogens is 254 g/mol. The minimum atomic E-state index is -0.0833. The van der Waals surface area contributed by atoms with Crippen LogP contribution in [0, 0.1) is 0 Å². The molecular formula is C15H23N3O2. The highest BCUT2D eigenvalue weighted by Crippen LogP contribution is 2.22. The molecule has 0 spiro atoms. The van der Waals surface area contributed by atoms with Crippen LogP contribution in [-0.2, 0) is 0 Å². The minimum absolute atomic E-state index is 0.0833. The second-order valence-corrected chi connectivity index (χ2v) is 5.17. The molecule has 0 bridgehead atoms. The Morgan fingerprint density at radius 1 is 1.55 bits per heavy atom. The summed E-state index contributed by atoms with van der Waals surface area (Å²) in [6.07, 6.45) is 2.34. The van der Waals surface area contributed by atoms with E-state index >= 15 is 0 Å². The summed E-state index contributed by atoms with van der Waals surface area (Å²) in [5.41, 5.74) is 6.95. The van der Waals surface area contributed by atoms with Crippen molar-refractivity contribution in [2.24, 2.45) is 0 Å². The number of carbonyl (C=O) groups is 1. The average molecular weight is 277 g/mol. The molecule has 1 fully saturated rings. The topological polar surface area (TPSA) is 67.6 Å². The van der Waals surface area contributed by atoms with Crippen LogP contribution in [0.1, 0.15) is 30.1 Å². The molecule has 1 saturated heterocycles. The molecule has 2 rings (SSSR count). The molecule has 1 aliphatic heterocycles. The van der Waals surface area contributed by atoms with Crippen molar-refractivity contribution in [2.75, 3.05) is 32.5 Å². The van der Waals surface area contributed by atoms with Crippen LogP contribution in [0.25, 0.3) is 0 Å². The number of hydrogen-bond donors (Lipinski definition) is 2. The van der Waals surface area contributed by atoms with Crippen molar-refractivity contribution >= 4 is 11.6 Å². The zero-order valence-corrected chi connectivity index (χ0v) is 12.2. The van der Waals surface area contributed by atoms with Crippen LogP contribution in [0.4, 0.5) is 5.69 Å². The molecule has 0 aromatic heterocycles. The molecule has 1 aromatic carbocycles. The van der Waals surface area contributed by atoms with Gasteiger partial charge in [-0.2, -0.15) is 0 Å². The Balaban J connectivity index is 1.93. The van der Waals surface area contributed by atoms with E-state index in [1.165, 1.54) is 6.42 Å². The molecule has 1 aliphatic rings. The van der Waals surface area contributed by atoms with Crippen molar-refractivity contribution in [3.05, 3.63) is 23.8 Å². The summed E-state index contributed by atoms with van der Waals surface area (Å²) in [7, 11) is 2.10. The van der Waals surface area contributed by atoms with Gasteiger partial charge in [0.05, 0.1) is 12.3 Å². The van der Waals surface area contributed by atoms with Crippen LogP contribution < -0.4 is 15.8 Å². The fourth-order valence-corrected chi connectivity index (χ4v) is 2.53. The molecule has 110 valence electrons. The third-order valence-corrected chi connectivity index (χ3v) is 3.74. The number of rotatable bonds is 5. The Morgan fingerprint density at radius 3 is 2.95 bits per heavy atom. The van der Waals surface area contributed by atoms with Gasteiger partial charge in [-0.3, -0.25) is 4.79 Å². The summed E-state index contributed by atoms with van der Waals surface area (Å²) >= 11 is 0. The third kappa shape index (κ3) is 3.42. The maximum Gasteiger partial charge on any atom is 0.251 e. The van der Waals surface area contributed by atoms with Crippen LogP contribution >= 0.6 is 0 Å². The molecule has 0 radical (unpaired) electrons. The first-order chi connectivity index (χ1) is 9.61. The molecule has 1 heterocycles. The fraction of sp³-hybridized carbons (Fsp3) is 0.533. The number of nitrogens with two attached hydrogens (primary N) is 1. The SMILES string of the molecule is CCOc1ccc(C(=O)NCC2CCCN2C)cc1N. The summed E-state index contributed by atoms with van der Waals surface area (Å²) in [5, 5.41) is 2.97. The number of ether oxygens (including phenoxy) is 1. The van der Waals surface area contributed by atoms with E-state index in [2.05, 4.69) is 17.3 Å². The minimum Gasteiger partial charge on any atom is -0.492 e. The van der Waals surface area contributed by atoms with Crippen molar-refractivity contribution < 1.29 is 9.53 Å². The Morgan fingerprint density at radius 2 is 2.35 bits per heavy atom. The Kier molecular flexibility index (Phi) is 4.84. The zero-order valence-electron chi connectivity index (χ0n) is 12.2. The van der Waals surface area contributed by atoms with Gasteiger partial charge in [0.1, 0.15) is 5.75 Å². The number of benzene rings is 1. The molecule has 5 nitrogen and oxygen atoms in total. The van der Waals surface area contributed by atoms with E-state index in [0.29, 0.717) is 36.2 Å². The normalized spacial score (nSPS) is 19.0. The average Bonchev–Trinajstić information content (AvgIpc) is 2.84. The van der Waals surface area contributed by atoms with Crippen LogP contribution in [0.15, 0.2) is 18.2 Å². The predicted molar refractivity (Wildman–Crippen MR) is 80.0 cm³/mol. The van der Waals surface area contributed by atoms with Gasteiger partial charge >= 0.3 is 0 Å². The van der Waals surface area contributed by atoms with Gasteiger partial charge in [0.15, 0.2) is 0 Å². The molecule has 20 heavy (non-hydrogen) atoms. The van der Waals surface area contributed by atoms with Gasteiger partial charge < -0.3 is 20.7 Å². The first kappa shape index (κ1) is 14.7. The van der Waals surface area contributed by atoms with Crippen LogP contribution in [0.3, 0.4) is 0 Å².